The second-order valence-electron chi connectivity index (χ2n) is 5.16. The van der Waals surface area contributed by atoms with Crippen LogP contribution in [0.3, 0.4) is 0 Å². The first-order chi connectivity index (χ1) is 8.24. The minimum atomic E-state index is 0.571. The molecule has 0 bridgehead atoms. The van der Waals surface area contributed by atoms with Gasteiger partial charge in [-0.3, -0.25) is 4.90 Å². The fourth-order valence-electron chi connectivity index (χ4n) is 2.80. The van der Waals surface area contributed by atoms with E-state index in [2.05, 4.69) is 54.0 Å². The predicted octanol–water partition coefficient (Wildman–Crippen LogP) is 2.02. The van der Waals surface area contributed by atoms with E-state index in [9.17, 15) is 0 Å². The lowest BCUT2D eigenvalue weighted by molar-refractivity contribution is 0.123. The number of hydrogen-bond donors (Lipinski definition) is 1. The maximum atomic E-state index is 3.44. The number of rotatable bonds is 4. The highest BCUT2D eigenvalue weighted by Gasteiger charge is 2.27. The lowest BCUT2D eigenvalue weighted by Crippen LogP contribution is -2.47. The molecule has 0 aromatic carbocycles. The van der Waals surface area contributed by atoms with Crippen molar-refractivity contribution in [1.82, 2.24) is 14.8 Å². The normalized spacial score (nSPS) is 21.4. The lowest BCUT2D eigenvalue weighted by Gasteiger charge is -2.38. The second-order valence-corrected chi connectivity index (χ2v) is 5.16. The Morgan fingerprint density at radius 1 is 1.35 bits per heavy atom. The van der Waals surface area contributed by atoms with Gasteiger partial charge in [0.15, 0.2) is 0 Å². The molecule has 17 heavy (non-hydrogen) atoms. The molecule has 0 aliphatic carbocycles. The van der Waals surface area contributed by atoms with Crippen LogP contribution in [0.4, 0.5) is 0 Å². The third kappa shape index (κ3) is 2.72. The highest BCUT2D eigenvalue weighted by Crippen LogP contribution is 2.30. The van der Waals surface area contributed by atoms with Gasteiger partial charge in [-0.25, -0.2) is 0 Å². The third-order valence-corrected chi connectivity index (χ3v) is 4.01. The van der Waals surface area contributed by atoms with Crippen LogP contribution in [0.25, 0.3) is 0 Å². The van der Waals surface area contributed by atoms with Gasteiger partial charge in [0, 0.05) is 45.1 Å². The lowest BCUT2D eigenvalue weighted by atomic mass is 9.94. The van der Waals surface area contributed by atoms with Crippen LogP contribution in [0.5, 0.6) is 0 Å². The van der Waals surface area contributed by atoms with Crippen LogP contribution >= 0.6 is 0 Å². The molecule has 2 atom stereocenters. The Hall–Kier alpha value is -0.800. The zero-order chi connectivity index (χ0) is 12.3. The number of piperazine rings is 1. The molecule has 1 aliphatic heterocycles. The molecular formula is C14H25N3. The van der Waals surface area contributed by atoms with Gasteiger partial charge in [0.25, 0.3) is 0 Å². The summed E-state index contributed by atoms with van der Waals surface area (Å²) in [5.41, 5.74) is 1.46. The van der Waals surface area contributed by atoms with Gasteiger partial charge in [0.05, 0.1) is 6.04 Å². The van der Waals surface area contributed by atoms with Crippen LogP contribution in [0, 0.1) is 5.92 Å². The Labute approximate surface area is 105 Å². The van der Waals surface area contributed by atoms with Gasteiger partial charge in [0.2, 0.25) is 0 Å². The molecule has 3 nitrogen and oxygen atoms in total. The SMILES string of the molecule is CCC(C)[C@H](c1cccn1C)N1CCNCC1. The Morgan fingerprint density at radius 2 is 2.06 bits per heavy atom. The van der Waals surface area contributed by atoms with Gasteiger partial charge in [-0.2, -0.15) is 0 Å². The van der Waals surface area contributed by atoms with Gasteiger partial charge in [-0.15, -0.1) is 0 Å². The van der Waals surface area contributed by atoms with E-state index >= 15 is 0 Å². The molecule has 1 aliphatic rings. The highest BCUT2D eigenvalue weighted by molar-refractivity contribution is 5.13. The van der Waals surface area contributed by atoms with E-state index < -0.39 is 0 Å². The van der Waals surface area contributed by atoms with Crippen LogP contribution in [-0.4, -0.2) is 35.6 Å². The Morgan fingerprint density at radius 3 is 2.59 bits per heavy atom. The molecule has 1 unspecified atom stereocenters. The van der Waals surface area contributed by atoms with Crippen molar-refractivity contribution in [2.75, 3.05) is 26.2 Å². The molecule has 1 aromatic rings. The van der Waals surface area contributed by atoms with Crippen LogP contribution < -0.4 is 5.32 Å². The van der Waals surface area contributed by atoms with E-state index in [0.717, 1.165) is 13.1 Å². The predicted molar refractivity (Wildman–Crippen MR) is 72.1 cm³/mol. The number of nitrogens with one attached hydrogen (secondary N) is 1. The van der Waals surface area contributed by atoms with Crippen molar-refractivity contribution < 1.29 is 0 Å². The average molecular weight is 235 g/mol. The summed E-state index contributed by atoms with van der Waals surface area (Å²) in [5.74, 6) is 0.710. The highest BCUT2D eigenvalue weighted by atomic mass is 15.2. The molecular weight excluding hydrogens is 210 g/mol. The average Bonchev–Trinajstić information content (AvgIpc) is 2.77. The number of hydrogen-bond acceptors (Lipinski definition) is 2. The van der Waals surface area contributed by atoms with Gasteiger partial charge in [-0.05, 0) is 18.1 Å². The first-order valence-corrected chi connectivity index (χ1v) is 6.80. The molecule has 2 heterocycles. The summed E-state index contributed by atoms with van der Waals surface area (Å²) in [4.78, 5) is 2.64. The fraction of sp³-hybridized carbons (Fsp3) is 0.714. The number of nitrogens with zero attached hydrogens (tertiary/aromatic N) is 2. The van der Waals surface area contributed by atoms with Gasteiger partial charge >= 0.3 is 0 Å². The summed E-state index contributed by atoms with van der Waals surface area (Å²) in [6.07, 6.45) is 3.40. The summed E-state index contributed by atoms with van der Waals surface area (Å²) in [6.45, 7) is 9.25. The van der Waals surface area contributed by atoms with Gasteiger partial charge in [-0.1, -0.05) is 20.3 Å². The maximum absolute atomic E-state index is 3.44. The fourth-order valence-corrected chi connectivity index (χ4v) is 2.80. The van der Waals surface area contributed by atoms with Crippen molar-refractivity contribution >= 4 is 0 Å². The summed E-state index contributed by atoms with van der Waals surface area (Å²) in [6, 6.07) is 5.01. The number of aromatic nitrogens is 1. The van der Waals surface area contributed by atoms with Crippen LogP contribution in [0.1, 0.15) is 32.0 Å². The topological polar surface area (TPSA) is 20.2 Å². The largest absolute Gasteiger partial charge is 0.353 e. The van der Waals surface area contributed by atoms with E-state index in [0.29, 0.717) is 12.0 Å². The molecule has 1 fully saturated rings. The molecule has 3 heteroatoms. The smallest absolute Gasteiger partial charge is 0.0526 e. The monoisotopic (exact) mass is 235 g/mol. The maximum Gasteiger partial charge on any atom is 0.0526 e. The molecule has 96 valence electrons. The Bertz CT molecular complexity index is 339. The minimum Gasteiger partial charge on any atom is -0.353 e. The zero-order valence-corrected chi connectivity index (χ0v) is 11.3. The zero-order valence-electron chi connectivity index (χ0n) is 11.3. The molecule has 0 spiro atoms. The van der Waals surface area contributed by atoms with E-state index in [1.165, 1.54) is 25.2 Å². The van der Waals surface area contributed by atoms with Crippen LogP contribution in [0.15, 0.2) is 18.3 Å². The Balaban J connectivity index is 2.21. The summed E-state index contributed by atoms with van der Waals surface area (Å²) >= 11 is 0. The van der Waals surface area contributed by atoms with E-state index in [1.807, 2.05) is 0 Å². The summed E-state index contributed by atoms with van der Waals surface area (Å²) < 4.78 is 2.28. The summed E-state index contributed by atoms with van der Waals surface area (Å²) in [5, 5.41) is 3.44. The van der Waals surface area contributed by atoms with Crippen molar-refractivity contribution in [3.63, 3.8) is 0 Å². The first kappa shape index (κ1) is 12.7. The van der Waals surface area contributed by atoms with Crippen molar-refractivity contribution in [1.29, 1.82) is 0 Å². The molecule has 1 N–H and O–H groups in total. The summed E-state index contributed by atoms with van der Waals surface area (Å²) in [7, 11) is 2.16. The van der Waals surface area contributed by atoms with Gasteiger partial charge < -0.3 is 9.88 Å². The minimum absolute atomic E-state index is 0.571. The number of aryl methyl sites for hydroxylation is 1. The van der Waals surface area contributed by atoms with E-state index in [4.69, 9.17) is 0 Å². The molecule has 2 rings (SSSR count). The molecule has 1 aromatic heterocycles. The van der Waals surface area contributed by atoms with E-state index in [1.54, 1.807) is 0 Å². The van der Waals surface area contributed by atoms with Crippen molar-refractivity contribution in [2.24, 2.45) is 13.0 Å². The van der Waals surface area contributed by atoms with Crippen LogP contribution in [-0.2, 0) is 7.05 Å². The van der Waals surface area contributed by atoms with Crippen LogP contribution in [0.2, 0.25) is 0 Å². The molecule has 1 saturated heterocycles. The molecule has 0 radical (unpaired) electrons. The Kier molecular flexibility index (Phi) is 4.24. The van der Waals surface area contributed by atoms with E-state index in [-0.39, 0.29) is 0 Å². The van der Waals surface area contributed by atoms with Gasteiger partial charge in [0.1, 0.15) is 0 Å². The second kappa shape index (κ2) is 5.69. The molecule has 0 amide bonds. The standard InChI is InChI=1S/C14H25N3/c1-4-12(2)14(13-6-5-9-16(13)3)17-10-7-15-8-11-17/h5-6,9,12,14-15H,4,7-8,10-11H2,1-3H3/t12?,14-/m1/s1. The first-order valence-electron chi connectivity index (χ1n) is 6.80. The van der Waals surface area contributed by atoms with Crippen molar-refractivity contribution in [3.05, 3.63) is 24.0 Å². The molecule has 0 saturated carbocycles. The quantitative estimate of drug-likeness (QED) is 0.861. The van der Waals surface area contributed by atoms with Crippen molar-refractivity contribution in [2.45, 2.75) is 26.3 Å². The third-order valence-electron chi connectivity index (χ3n) is 4.01. The van der Waals surface area contributed by atoms with Crippen molar-refractivity contribution in [3.8, 4) is 0 Å².